The Balaban J connectivity index is 1.77. The van der Waals surface area contributed by atoms with Crippen LogP contribution >= 0.6 is 0 Å². The minimum atomic E-state index is -1.13. The third-order valence-corrected chi connectivity index (χ3v) is 3.18. The number of rotatable bonds is 6. The van der Waals surface area contributed by atoms with E-state index in [9.17, 15) is 18.7 Å². The summed E-state index contributed by atoms with van der Waals surface area (Å²) >= 11 is 0. The van der Waals surface area contributed by atoms with Crippen LogP contribution in [-0.2, 0) is 6.54 Å². The van der Waals surface area contributed by atoms with Gasteiger partial charge in [-0.3, -0.25) is 4.68 Å². The number of aliphatic hydroxyl groups excluding tert-OH is 1. The summed E-state index contributed by atoms with van der Waals surface area (Å²) in [7, 11) is 0. The van der Waals surface area contributed by atoms with Crippen molar-refractivity contribution < 1.29 is 18.7 Å². The third-order valence-electron chi connectivity index (χ3n) is 3.18. The maximum absolute atomic E-state index is 13.1. The first-order chi connectivity index (χ1) is 11.0. The fraction of sp³-hybridized carbons (Fsp3) is 0.333. The standard InChI is InChI=1S/C15H18F2N4O2/c1-10(9-21-6-2-5-19-21)20-15(23)18-8-14(22)11-3-4-12(16)13(17)7-11/h2-7,10,14,22H,8-9H2,1H3,(H2,18,20,23)/t10-,14+/m1/s1. The SMILES string of the molecule is C[C@H](Cn1cccn1)NC(=O)NC[C@H](O)c1ccc(F)c(F)c1. The fourth-order valence-electron chi connectivity index (χ4n) is 2.04. The predicted octanol–water partition coefficient (Wildman–Crippen LogP) is 1.58. The molecular weight excluding hydrogens is 306 g/mol. The molecule has 1 heterocycles. The molecule has 0 aliphatic carbocycles. The molecule has 6 nitrogen and oxygen atoms in total. The van der Waals surface area contributed by atoms with Gasteiger partial charge in [-0.1, -0.05) is 6.07 Å². The van der Waals surface area contributed by atoms with Crippen molar-refractivity contribution in [1.29, 1.82) is 0 Å². The van der Waals surface area contributed by atoms with Crippen molar-refractivity contribution in [3.63, 3.8) is 0 Å². The summed E-state index contributed by atoms with van der Waals surface area (Å²) in [4.78, 5) is 11.7. The van der Waals surface area contributed by atoms with E-state index in [1.165, 1.54) is 6.07 Å². The molecule has 2 atom stereocenters. The minimum absolute atomic E-state index is 0.120. The second-order valence-electron chi connectivity index (χ2n) is 5.17. The van der Waals surface area contributed by atoms with E-state index in [1.807, 2.05) is 6.92 Å². The molecule has 0 radical (unpaired) electrons. The largest absolute Gasteiger partial charge is 0.387 e. The van der Waals surface area contributed by atoms with Crippen molar-refractivity contribution in [1.82, 2.24) is 20.4 Å². The number of nitrogens with zero attached hydrogens (tertiary/aromatic N) is 2. The monoisotopic (exact) mass is 324 g/mol. The molecule has 2 amide bonds. The van der Waals surface area contributed by atoms with Crippen LogP contribution in [0.4, 0.5) is 13.6 Å². The van der Waals surface area contributed by atoms with E-state index in [0.717, 1.165) is 12.1 Å². The van der Waals surface area contributed by atoms with Crippen LogP contribution < -0.4 is 10.6 Å². The van der Waals surface area contributed by atoms with Gasteiger partial charge in [0.05, 0.1) is 12.6 Å². The van der Waals surface area contributed by atoms with Crippen molar-refractivity contribution in [2.24, 2.45) is 0 Å². The molecule has 0 aliphatic heterocycles. The van der Waals surface area contributed by atoms with E-state index >= 15 is 0 Å². The lowest BCUT2D eigenvalue weighted by atomic mass is 10.1. The number of halogens is 2. The lowest BCUT2D eigenvalue weighted by molar-refractivity contribution is 0.172. The van der Waals surface area contributed by atoms with Crippen molar-refractivity contribution in [2.75, 3.05) is 6.54 Å². The van der Waals surface area contributed by atoms with Gasteiger partial charge in [0.1, 0.15) is 0 Å². The van der Waals surface area contributed by atoms with E-state index in [2.05, 4.69) is 15.7 Å². The van der Waals surface area contributed by atoms with Crippen molar-refractivity contribution >= 4 is 6.03 Å². The molecule has 0 bridgehead atoms. The molecule has 124 valence electrons. The number of hydrogen-bond acceptors (Lipinski definition) is 3. The highest BCUT2D eigenvalue weighted by atomic mass is 19.2. The Hall–Kier alpha value is -2.48. The first kappa shape index (κ1) is 16.9. The van der Waals surface area contributed by atoms with E-state index in [-0.39, 0.29) is 18.2 Å². The average molecular weight is 324 g/mol. The van der Waals surface area contributed by atoms with Crippen LogP contribution in [0.1, 0.15) is 18.6 Å². The number of nitrogens with one attached hydrogen (secondary N) is 2. The zero-order valence-corrected chi connectivity index (χ0v) is 12.5. The number of aliphatic hydroxyl groups is 1. The van der Waals surface area contributed by atoms with Crippen LogP contribution in [0.15, 0.2) is 36.7 Å². The van der Waals surface area contributed by atoms with Gasteiger partial charge < -0.3 is 15.7 Å². The normalized spacial score (nSPS) is 13.4. The van der Waals surface area contributed by atoms with Gasteiger partial charge in [-0.05, 0) is 30.7 Å². The van der Waals surface area contributed by atoms with Gasteiger partial charge in [-0.15, -0.1) is 0 Å². The lowest BCUT2D eigenvalue weighted by Crippen LogP contribution is -2.43. The average Bonchev–Trinajstić information content (AvgIpc) is 3.00. The Morgan fingerprint density at radius 1 is 1.39 bits per heavy atom. The third kappa shape index (κ3) is 5.03. The summed E-state index contributed by atoms with van der Waals surface area (Å²) in [6.45, 7) is 2.20. The predicted molar refractivity (Wildman–Crippen MR) is 79.5 cm³/mol. The number of carbonyl (C=O) groups excluding carboxylic acids is 1. The van der Waals surface area contributed by atoms with E-state index < -0.39 is 23.8 Å². The van der Waals surface area contributed by atoms with Gasteiger partial charge in [0, 0.05) is 25.0 Å². The van der Waals surface area contributed by atoms with Gasteiger partial charge in [-0.25, -0.2) is 13.6 Å². The second-order valence-corrected chi connectivity index (χ2v) is 5.17. The molecular formula is C15H18F2N4O2. The molecule has 0 saturated carbocycles. The lowest BCUT2D eigenvalue weighted by Gasteiger charge is -2.16. The Kier molecular flexibility index (Phi) is 5.64. The van der Waals surface area contributed by atoms with Gasteiger partial charge in [0.25, 0.3) is 0 Å². The fourth-order valence-corrected chi connectivity index (χ4v) is 2.04. The van der Waals surface area contributed by atoms with Crippen LogP contribution in [0.25, 0.3) is 0 Å². The number of benzene rings is 1. The van der Waals surface area contributed by atoms with Gasteiger partial charge >= 0.3 is 6.03 Å². The molecule has 23 heavy (non-hydrogen) atoms. The molecule has 0 unspecified atom stereocenters. The number of carbonyl (C=O) groups is 1. The molecule has 3 N–H and O–H groups in total. The maximum atomic E-state index is 13.1. The van der Waals surface area contributed by atoms with Crippen LogP contribution in [0.2, 0.25) is 0 Å². The van der Waals surface area contributed by atoms with Crippen LogP contribution in [0.3, 0.4) is 0 Å². The number of urea groups is 1. The molecule has 2 rings (SSSR count). The highest BCUT2D eigenvalue weighted by Gasteiger charge is 2.13. The Bertz CT molecular complexity index is 649. The quantitative estimate of drug-likeness (QED) is 0.755. The Morgan fingerprint density at radius 3 is 2.83 bits per heavy atom. The first-order valence-corrected chi connectivity index (χ1v) is 7.10. The molecule has 8 heteroatoms. The van der Waals surface area contributed by atoms with Gasteiger partial charge in [0.2, 0.25) is 0 Å². The number of hydrogen-bond donors (Lipinski definition) is 3. The van der Waals surface area contributed by atoms with E-state index in [1.54, 1.807) is 23.1 Å². The highest BCUT2D eigenvalue weighted by molar-refractivity contribution is 5.74. The van der Waals surface area contributed by atoms with Crippen LogP contribution in [-0.4, -0.2) is 33.5 Å². The van der Waals surface area contributed by atoms with Gasteiger partial charge in [-0.2, -0.15) is 5.10 Å². The first-order valence-electron chi connectivity index (χ1n) is 7.10. The van der Waals surface area contributed by atoms with Crippen molar-refractivity contribution in [2.45, 2.75) is 25.6 Å². The highest BCUT2D eigenvalue weighted by Crippen LogP contribution is 2.15. The van der Waals surface area contributed by atoms with Crippen molar-refractivity contribution in [3.05, 3.63) is 53.9 Å². The zero-order valence-electron chi connectivity index (χ0n) is 12.5. The zero-order chi connectivity index (χ0) is 16.8. The summed E-state index contributed by atoms with van der Waals surface area (Å²) in [5, 5.41) is 19.1. The van der Waals surface area contributed by atoms with E-state index in [0.29, 0.717) is 6.54 Å². The topological polar surface area (TPSA) is 79.2 Å². The molecule has 1 aromatic heterocycles. The van der Waals surface area contributed by atoms with Crippen LogP contribution in [0, 0.1) is 11.6 Å². The maximum Gasteiger partial charge on any atom is 0.315 e. The van der Waals surface area contributed by atoms with E-state index in [4.69, 9.17) is 0 Å². The summed E-state index contributed by atoms with van der Waals surface area (Å²) in [5.74, 6) is -2.03. The minimum Gasteiger partial charge on any atom is -0.387 e. The Morgan fingerprint density at radius 2 is 2.17 bits per heavy atom. The molecule has 2 aromatic rings. The summed E-state index contributed by atoms with van der Waals surface area (Å²) < 4.78 is 27.6. The summed E-state index contributed by atoms with van der Waals surface area (Å²) in [5.41, 5.74) is 0.189. The second kappa shape index (κ2) is 7.68. The summed E-state index contributed by atoms with van der Waals surface area (Å²) in [6.07, 6.45) is 2.30. The molecule has 0 spiro atoms. The molecule has 0 saturated heterocycles. The molecule has 1 aromatic carbocycles. The Labute approximate surface area is 132 Å². The summed E-state index contributed by atoms with van der Waals surface area (Å²) in [6, 6.07) is 4.25. The van der Waals surface area contributed by atoms with Crippen LogP contribution in [0.5, 0.6) is 0 Å². The molecule has 0 fully saturated rings. The number of amides is 2. The smallest absolute Gasteiger partial charge is 0.315 e. The van der Waals surface area contributed by atoms with Crippen molar-refractivity contribution in [3.8, 4) is 0 Å². The number of aromatic nitrogens is 2. The van der Waals surface area contributed by atoms with Gasteiger partial charge in [0.15, 0.2) is 11.6 Å². The molecule has 0 aliphatic rings.